The predicted octanol–water partition coefficient (Wildman–Crippen LogP) is 3.00. The number of rotatable bonds is 5. The third kappa shape index (κ3) is 4.22. The summed E-state index contributed by atoms with van der Waals surface area (Å²) in [6, 6.07) is 7.96. The molecule has 0 atom stereocenters. The molecule has 0 spiro atoms. The van der Waals surface area contributed by atoms with Crippen molar-refractivity contribution < 1.29 is 5.11 Å². The fraction of sp³-hybridized carbons (Fsp3) is 0.500. The minimum absolute atomic E-state index is 0.329. The van der Waals surface area contributed by atoms with Crippen molar-refractivity contribution in [2.75, 3.05) is 11.9 Å². The molecule has 0 unspecified atom stereocenters. The van der Waals surface area contributed by atoms with Gasteiger partial charge in [0.25, 0.3) is 0 Å². The van der Waals surface area contributed by atoms with Crippen molar-refractivity contribution in [3.63, 3.8) is 0 Å². The Balaban J connectivity index is 2.61. The Morgan fingerprint density at radius 1 is 1.27 bits per heavy atom. The van der Waals surface area contributed by atoms with Crippen molar-refractivity contribution in [1.82, 2.24) is 4.90 Å². The quantitative estimate of drug-likeness (QED) is 0.833. The molecule has 0 saturated carbocycles. The van der Waals surface area contributed by atoms with Gasteiger partial charge in [0.2, 0.25) is 0 Å². The van der Waals surface area contributed by atoms with Crippen LogP contribution in [0.5, 0.6) is 5.75 Å². The van der Waals surface area contributed by atoms with Gasteiger partial charge >= 0.3 is 0 Å². The van der Waals surface area contributed by atoms with Crippen molar-refractivity contribution in [2.24, 2.45) is 0 Å². The molecule has 2 nitrogen and oxygen atoms in total. The Bertz CT molecular complexity index is 284. The lowest BCUT2D eigenvalue weighted by Gasteiger charge is -2.25. The van der Waals surface area contributed by atoms with E-state index < -0.39 is 0 Å². The summed E-state index contributed by atoms with van der Waals surface area (Å²) in [5.41, 5.74) is 1.24. The number of benzene rings is 1. The van der Waals surface area contributed by atoms with Gasteiger partial charge in [-0.15, -0.1) is 0 Å². The van der Waals surface area contributed by atoms with Gasteiger partial charge in [-0.25, -0.2) is 0 Å². The lowest BCUT2D eigenvalue weighted by atomic mass is 10.2. The van der Waals surface area contributed by atoms with Crippen molar-refractivity contribution >= 4 is 15.9 Å². The van der Waals surface area contributed by atoms with Crippen molar-refractivity contribution in [2.45, 2.75) is 26.4 Å². The van der Waals surface area contributed by atoms with Gasteiger partial charge in [-0.05, 0) is 31.5 Å². The smallest absolute Gasteiger partial charge is 0.115 e. The lowest BCUT2D eigenvalue weighted by molar-refractivity contribution is 0.227. The van der Waals surface area contributed by atoms with E-state index in [1.807, 2.05) is 12.1 Å². The monoisotopic (exact) mass is 271 g/mol. The van der Waals surface area contributed by atoms with Crippen LogP contribution in [-0.4, -0.2) is 27.9 Å². The lowest BCUT2D eigenvalue weighted by Crippen LogP contribution is -2.31. The summed E-state index contributed by atoms with van der Waals surface area (Å²) in [7, 11) is 0. The van der Waals surface area contributed by atoms with Gasteiger partial charge in [0.05, 0.1) is 0 Å². The zero-order valence-electron chi connectivity index (χ0n) is 9.28. The van der Waals surface area contributed by atoms with E-state index in [0.29, 0.717) is 11.8 Å². The summed E-state index contributed by atoms with van der Waals surface area (Å²) in [5, 5.41) is 10.2. The fourth-order valence-corrected chi connectivity index (χ4v) is 1.92. The largest absolute Gasteiger partial charge is 0.508 e. The van der Waals surface area contributed by atoms with Crippen LogP contribution in [0.15, 0.2) is 24.3 Å². The first-order chi connectivity index (χ1) is 7.13. The minimum Gasteiger partial charge on any atom is -0.508 e. The van der Waals surface area contributed by atoms with E-state index in [1.54, 1.807) is 12.1 Å². The first-order valence-electron chi connectivity index (χ1n) is 5.21. The fourth-order valence-electron chi connectivity index (χ4n) is 1.46. The highest BCUT2D eigenvalue weighted by Gasteiger charge is 2.08. The Hall–Kier alpha value is -0.540. The molecule has 3 heteroatoms. The van der Waals surface area contributed by atoms with Crippen molar-refractivity contribution in [1.29, 1.82) is 0 Å². The molecule has 0 saturated heterocycles. The van der Waals surface area contributed by atoms with Crippen LogP contribution < -0.4 is 0 Å². The van der Waals surface area contributed by atoms with Gasteiger partial charge in [0.1, 0.15) is 5.75 Å². The standard InChI is InChI=1S/C12H18BrNO/c1-10(2)14(8-7-13)9-11-3-5-12(15)6-4-11/h3-6,10,15H,7-9H2,1-2H3. The van der Waals surface area contributed by atoms with Gasteiger partial charge in [0, 0.05) is 24.5 Å². The third-order valence-corrected chi connectivity index (χ3v) is 2.78. The maximum Gasteiger partial charge on any atom is 0.115 e. The molecule has 0 amide bonds. The molecule has 1 rings (SSSR count). The van der Waals surface area contributed by atoms with Crippen LogP contribution >= 0.6 is 15.9 Å². The summed E-state index contributed by atoms with van der Waals surface area (Å²) in [5.74, 6) is 0.329. The second-order valence-electron chi connectivity index (χ2n) is 3.92. The molecule has 1 aromatic carbocycles. The predicted molar refractivity (Wildman–Crippen MR) is 67.4 cm³/mol. The highest BCUT2D eigenvalue weighted by Crippen LogP contribution is 2.13. The second kappa shape index (κ2) is 6.13. The molecule has 15 heavy (non-hydrogen) atoms. The molecule has 1 N–H and O–H groups in total. The highest BCUT2D eigenvalue weighted by molar-refractivity contribution is 9.09. The number of nitrogens with zero attached hydrogens (tertiary/aromatic N) is 1. The van der Waals surface area contributed by atoms with Gasteiger partial charge < -0.3 is 5.11 Å². The first kappa shape index (κ1) is 12.5. The number of alkyl halides is 1. The average molecular weight is 272 g/mol. The molecule has 0 fully saturated rings. The number of phenols is 1. The van der Waals surface area contributed by atoms with Crippen LogP contribution in [-0.2, 0) is 6.54 Å². The third-order valence-electron chi connectivity index (χ3n) is 2.42. The van der Waals surface area contributed by atoms with E-state index in [1.165, 1.54) is 5.56 Å². The van der Waals surface area contributed by atoms with Crippen molar-refractivity contribution in [3.8, 4) is 5.75 Å². The second-order valence-corrected chi connectivity index (χ2v) is 4.71. The van der Waals surface area contributed by atoms with Crippen LogP contribution in [0.3, 0.4) is 0 Å². The molecule has 1 aromatic rings. The number of hydrogen-bond acceptors (Lipinski definition) is 2. The zero-order chi connectivity index (χ0) is 11.3. The summed E-state index contributed by atoms with van der Waals surface area (Å²) in [6.07, 6.45) is 0. The number of hydrogen-bond donors (Lipinski definition) is 1. The highest BCUT2D eigenvalue weighted by atomic mass is 79.9. The van der Waals surface area contributed by atoms with E-state index in [-0.39, 0.29) is 0 Å². The van der Waals surface area contributed by atoms with Gasteiger partial charge in [0.15, 0.2) is 0 Å². The Morgan fingerprint density at radius 2 is 1.87 bits per heavy atom. The SMILES string of the molecule is CC(C)N(CCBr)Cc1ccc(O)cc1. The van der Waals surface area contributed by atoms with Gasteiger partial charge in [-0.1, -0.05) is 28.1 Å². The number of halogens is 1. The Kier molecular flexibility index (Phi) is 5.12. The maximum absolute atomic E-state index is 9.18. The summed E-state index contributed by atoms with van der Waals surface area (Å²) >= 11 is 3.46. The average Bonchev–Trinajstić information content (AvgIpc) is 2.20. The number of aromatic hydroxyl groups is 1. The molecule has 0 aliphatic heterocycles. The van der Waals surface area contributed by atoms with Crippen LogP contribution in [0.25, 0.3) is 0 Å². The summed E-state index contributed by atoms with van der Waals surface area (Å²) in [4.78, 5) is 2.39. The van der Waals surface area contributed by atoms with E-state index in [0.717, 1.165) is 18.4 Å². The summed E-state index contributed by atoms with van der Waals surface area (Å²) < 4.78 is 0. The molecular formula is C12H18BrNO. The molecule has 0 aliphatic carbocycles. The first-order valence-corrected chi connectivity index (χ1v) is 6.33. The normalized spacial score (nSPS) is 11.3. The molecule has 0 aromatic heterocycles. The molecule has 0 bridgehead atoms. The summed E-state index contributed by atoms with van der Waals surface area (Å²) in [6.45, 7) is 6.37. The molecule has 0 heterocycles. The van der Waals surface area contributed by atoms with Gasteiger partial charge in [-0.2, -0.15) is 0 Å². The van der Waals surface area contributed by atoms with E-state index in [9.17, 15) is 5.11 Å². The van der Waals surface area contributed by atoms with E-state index in [2.05, 4.69) is 34.7 Å². The maximum atomic E-state index is 9.18. The topological polar surface area (TPSA) is 23.5 Å². The molecular weight excluding hydrogens is 254 g/mol. The Morgan fingerprint density at radius 3 is 2.33 bits per heavy atom. The van der Waals surface area contributed by atoms with Crippen LogP contribution in [0.2, 0.25) is 0 Å². The molecule has 0 radical (unpaired) electrons. The van der Waals surface area contributed by atoms with E-state index in [4.69, 9.17) is 0 Å². The zero-order valence-corrected chi connectivity index (χ0v) is 10.9. The number of phenolic OH excluding ortho intramolecular Hbond substituents is 1. The van der Waals surface area contributed by atoms with Gasteiger partial charge in [-0.3, -0.25) is 4.90 Å². The van der Waals surface area contributed by atoms with Crippen LogP contribution in [0.1, 0.15) is 19.4 Å². The minimum atomic E-state index is 0.329. The van der Waals surface area contributed by atoms with Crippen molar-refractivity contribution in [3.05, 3.63) is 29.8 Å². The van der Waals surface area contributed by atoms with E-state index >= 15 is 0 Å². The molecule has 84 valence electrons. The Labute approximate surface area is 100 Å². The van der Waals surface area contributed by atoms with Crippen LogP contribution in [0, 0.1) is 0 Å². The molecule has 0 aliphatic rings. The van der Waals surface area contributed by atoms with Crippen LogP contribution in [0.4, 0.5) is 0 Å².